The summed E-state index contributed by atoms with van der Waals surface area (Å²) in [7, 11) is 1.61. The van der Waals surface area contributed by atoms with E-state index >= 15 is 0 Å². The van der Waals surface area contributed by atoms with E-state index in [2.05, 4.69) is 24.5 Å². The first-order chi connectivity index (χ1) is 10.0. The third-order valence-electron chi connectivity index (χ3n) is 3.31. The molecule has 0 spiro atoms. The Bertz CT molecular complexity index is 611. The van der Waals surface area contributed by atoms with Gasteiger partial charge in [0.1, 0.15) is 5.82 Å². The molecule has 0 saturated carbocycles. The number of para-hydroxylation sites is 1. The Hall–Kier alpha value is -1.88. The van der Waals surface area contributed by atoms with Crippen LogP contribution < -0.4 is 10.6 Å². The van der Waals surface area contributed by atoms with Gasteiger partial charge in [-0.05, 0) is 29.5 Å². The molecule has 0 aliphatic rings. The topological polar surface area (TPSA) is 41.1 Å². The Morgan fingerprint density at radius 1 is 1.24 bits per heavy atom. The number of hydrogen-bond donors (Lipinski definition) is 2. The van der Waals surface area contributed by atoms with Gasteiger partial charge in [-0.1, -0.05) is 26.0 Å². The fourth-order valence-corrected chi connectivity index (χ4v) is 3.17. The lowest BCUT2D eigenvalue weighted by molar-refractivity contribution is 0.0927. The molecule has 0 radical (unpaired) electrons. The molecule has 1 amide bonds. The molecule has 0 aliphatic carbocycles. The molecule has 0 aliphatic heterocycles. The first-order valence-electron chi connectivity index (χ1n) is 6.85. The Morgan fingerprint density at radius 2 is 2.00 bits per heavy atom. The van der Waals surface area contributed by atoms with E-state index in [-0.39, 0.29) is 23.6 Å². The van der Waals surface area contributed by atoms with E-state index in [4.69, 9.17) is 0 Å². The Morgan fingerprint density at radius 3 is 2.57 bits per heavy atom. The maximum atomic E-state index is 13.7. The van der Waals surface area contributed by atoms with Crippen LogP contribution in [0.1, 0.15) is 35.1 Å². The van der Waals surface area contributed by atoms with Crippen molar-refractivity contribution in [2.75, 3.05) is 12.4 Å². The van der Waals surface area contributed by atoms with Gasteiger partial charge in [-0.25, -0.2) is 4.39 Å². The summed E-state index contributed by atoms with van der Waals surface area (Å²) in [5, 5.41) is 7.73. The number of thiophene rings is 1. The lowest BCUT2D eigenvalue weighted by Crippen LogP contribution is -2.31. The molecule has 0 fully saturated rings. The molecule has 1 aromatic heterocycles. The third kappa shape index (κ3) is 3.42. The minimum Gasteiger partial charge on any atom is -0.385 e. The van der Waals surface area contributed by atoms with Gasteiger partial charge in [0.15, 0.2) is 0 Å². The van der Waals surface area contributed by atoms with Gasteiger partial charge < -0.3 is 10.6 Å². The molecular formula is C16H19FN2OS. The van der Waals surface area contributed by atoms with Crippen LogP contribution in [0.4, 0.5) is 10.1 Å². The minimum atomic E-state index is -0.428. The maximum Gasteiger partial charge on any atom is 0.254 e. The first kappa shape index (κ1) is 15.5. The number of nitrogens with one attached hydrogen (secondary N) is 2. The summed E-state index contributed by atoms with van der Waals surface area (Å²) < 4.78 is 13.7. The molecule has 0 saturated heterocycles. The van der Waals surface area contributed by atoms with E-state index < -0.39 is 5.82 Å². The normalized spacial score (nSPS) is 12.2. The highest BCUT2D eigenvalue weighted by Crippen LogP contribution is 2.27. The molecule has 2 rings (SSSR count). The van der Waals surface area contributed by atoms with E-state index in [1.807, 2.05) is 17.5 Å². The fraction of sp³-hybridized carbons (Fsp3) is 0.312. The summed E-state index contributed by atoms with van der Waals surface area (Å²) in [5.74, 6) is -0.451. The average Bonchev–Trinajstić information content (AvgIpc) is 2.97. The SMILES string of the molecule is CNc1c(F)cccc1C(=O)NC(c1cccs1)C(C)C. The van der Waals surface area contributed by atoms with Crippen molar-refractivity contribution in [1.82, 2.24) is 5.32 Å². The van der Waals surface area contributed by atoms with Gasteiger partial charge in [0, 0.05) is 11.9 Å². The monoisotopic (exact) mass is 306 g/mol. The number of carbonyl (C=O) groups excluding carboxylic acids is 1. The number of benzene rings is 1. The van der Waals surface area contributed by atoms with Crippen LogP contribution in [-0.2, 0) is 0 Å². The number of halogens is 1. The summed E-state index contributed by atoms with van der Waals surface area (Å²) >= 11 is 1.61. The van der Waals surface area contributed by atoms with Crippen molar-refractivity contribution in [3.8, 4) is 0 Å². The third-order valence-corrected chi connectivity index (χ3v) is 4.27. The highest BCUT2D eigenvalue weighted by molar-refractivity contribution is 7.10. The molecule has 1 atom stereocenters. The van der Waals surface area contributed by atoms with E-state index in [1.54, 1.807) is 30.5 Å². The molecule has 0 bridgehead atoms. The van der Waals surface area contributed by atoms with Gasteiger partial charge >= 0.3 is 0 Å². The maximum absolute atomic E-state index is 13.7. The van der Waals surface area contributed by atoms with Crippen LogP contribution in [0.3, 0.4) is 0 Å². The largest absolute Gasteiger partial charge is 0.385 e. The summed E-state index contributed by atoms with van der Waals surface area (Å²) in [6, 6.07) is 8.38. The summed E-state index contributed by atoms with van der Waals surface area (Å²) in [4.78, 5) is 13.6. The van der Waals surface area contributed by atoms with Gasteiger partial charge in [-0.3, -0.25) is 4.79 Å². The zero-order valence-electron chi connectivity index (χ0n) is 12.3. The van der Waals surface area contributed by atoms with Gasteiger partial charge in [0.25, 0.3) is 5.91 Å². The van der Waals surface area contributed by atoms with E-state index in [1.165, 1.54) is 6.07 Å². The van der Waals surface area contributed by atoms with E-state index in [0.717, 1.165) is 4.88 Å². The molecule has 1 heterocycles. The quantitative estimate of drug-likeness (QED) is 0.875. The second-order valence-electron chi connectivity index (χ2n) is 5.12. The van der Waals surface area contributed by atoms with Crippen LogP contribution in [-0.4, -0.2) is 13.0 Å². The fourth-order valence-electron chi connectivity index (χ4n) is 2.22. The molecule has 2 N–H and O–H groups in total. The Balaban J connectivity index is 2.26. The molecule has 5 heteroatoms. The highest BCUT2D eigenvalue weighted by atomic mass is 32.1. The molecule has 1 aromatic carbocycles. The van der Waals surface area contributed by atoms with Gasteiger partial charge in [-0.15, -0.1) is 11.3 Å². The van der Waals surface area contributed by atoms with Crippen molar-refractivity contribution in [2.45, 2.75) is 19.9 Å². The van der Waals surface area contributed by atoms with Crippen LogP contribution >= 0.6 is 11.3 Å². The number of anilines is 1. The van der Waals surface area contributed by atoms with Crippen molar-refractivity contribution in [1.29, 1.82) is 0 Å². The van der Waals surface area contributed by atoms with Crippen molar-refractivity contribution in [3.05, 3.63) is 52.0 Å². The van der Waals surface area contributed by atoms with Crippen molar-refractivity contribution >= 4 is 22.9 Å². The summed E-state index contributed by atoms with van der Waals surface area (Å²) in [5.41, 5.74) is 0.545. The predicted octanol–water partition coefficient (Wildman–Crippen LogP) is 4.06. The lowest BCUT2D eigenvalue weighted by atomic mass is 10.0. The molecule has 3 nitrogen and oxygen atoms in total. The van der Waals surface area contributed by atoms with Gasteiger partial charge in [0.2, 0.25) is 0 Å². The van der Waals surface area contributed by atoms with Crippen molar-refractivity contribution < 1.29 is 9.18 Å². The van der Waals surface area contributed by atoms with Gasteiger partial charge in [-0.2, -0.15) is 0 Å². The molecule has 112 valence electrons. The van der Waals surface area contributed by atoms with Crippen molar-refractivity contribution in [2.24, 2.45) is 5.92 Å². The van der Waals surface area contributed by atoms with Crippen molar-refractivity contribution in [3.63, 3.8) is 0 Å². The smallest absolute Gasteiger partial charge is 0.254 e. The summed E-state index contributed by atoms with van der Waals surface area (Å²) in [6.45, 7) is 4.10. The van der Waals surface area contributed by atoms with Crippen LogP contribution in [0.15, 0.2) is 35.7 Å². The standard InChI is InChI=1S/C16H19FN2OS/c1-10(2)14(13-8-5-9-21-13)19-16(20)11-6-4-7-12(17)15(11)18-3/h4-10,14,18H,1-3H3,(H,19,20). The highest BCUT2D eigenvalue weighted by Gasteiger charge is 2.22. The zero-order chi connectivity index (χ0) is 15.4. The second-order valence-corrected chi connectivity index (χ2v) is 6.10. The molecule has 1 unspecified atom stereocenters. The first-order valence-corrected chi connectivity index (χ1v) is 7.73. The van der Waals surface area contributed by atoms with Crippen LogP contribution in [0.5, 0.6) is 0 Å². The van der Waals surface area contributed by atoms with E-state index in [9.17, 15) is 9.18 Å². The Labute approximate surface area is 128 Å². The number of rotatable bonds is 5. The number of hydrogen-bond acceptors (Lipinski definition) is 3. The van der Waals surface area contributed by atoms with Crippen LogP contribution in [0.2, 0.25) is 0 Å². The minimum absolute atomic E-state index is 0.0783. The zero-order valence-corrected chi connectivity index (χ0v) is 13.1. The lowest BCUT2D eigenvalue weighted by Gasteiger charge is -2.22. The average molecular weight is 306 g/mol. The predicted molar refractivity (Wildman–Crippen MR) is 85.3 cm³/mol. The van der Waals surface area contributed by atoms with Crippen LogP contribution in [0.25, 0.3) is 0 Å². The summed E-state index contributed by atoms with van der Waals surface area (Å²) in [6.07, 6.45) is 0. The van der Waals surface area contributed by atoms with Gasteiger partial charge in [0.05, 0.1) is 17.3 Å². The molecule has 2 aromatic rings. The Kier molecular flexibility index (Phi) is 4.96. The molecule has 21 heavy (non-hydrogen) atoms. The number of carbonyl (C=O) groups is 1. The number of amides is 1. The molecular weight excluding hydrogens is 287 g/mol. The second kappa shape index (κ2) is 6.72. The van der Waals surface area contributed by atoms with Crippen LogP contribution in [0, 0.1) is 11.7 Å². The van der Waals surface area contributed by atoms with E-state index in [0.29, 0.717) is 5.56 Å².